The van der Waals surface area contributed by atoms with Crippen molar-refractivity contribution < 1.29 is 23.3 Å². The standard InChI is InChI=1S/C29H34BNO5/c1-27(2)20-15-23(27)28(3)25(16-20)35-30(36-28)24(14-18-17-34-22-13-9-8-12-21(18)22)29(33-4,26(31)32)19-10-6-5-7-11-19/h5-13,17,20,23-25H,14-16H2,1-4H3,(H2,31,32)/t20-,23-,24+,25+,28-,29?/m0/s1. The number of ether oxygens (including phenoxy) is 1. The first-order valence-electron chi connectivity index (χ1n) is 12.9. The molecule has 4 aliphatic rings. The maximum absolute atomic E-state index is 13.4. The van der Waals surface area contributed by atoms with Gasteiger partial charge in [-0.15, -0.1) is 0 Å². The zero-order valence-corrected chi connectivity index (χ0v) is 21.4. The van der Waals surface area contributed by atoms with E-state index in [1.165, 1.54) is 0 Å². The summed E-state index contributed by atoms with van der Waals surface area (Å²) < 4.78 is 25.6. The van der Waals surface area contributed by atoms with Gasteiger partial charge >= 0.3 is 7.12 Å². The highest BCUT2D eigenvalue weighted by atomic mass is 16.7. The quantitative estimate of drug-likeness (QED) is 0.469. The van der Waals surface area contributed by atoms with Crippen LogP contribution >= 0.6 is 0 Å². The van der Waals surface area contributed by atoms with E-state index >= 15 is 0 Å². The molecule has 7 rings (SSSR count). The van der Waals surface area contributed by atoms with Crippen LogP contribution in [0.1, 0.15) is 44.7 Å². The highest BCUT2D eigenvalue weighted by Gasteiger charge is 2.70. The third-order valence-corrected chi connectivity index (χ3v) is 9.71. The highest BCUT2D eigenvalue weighted by molar-refractivity contribution is 6.48. The van der Waals surface area contributed by atoms with Crippen LogP contribution in [0, 0.1) is 17.3 Å². The minimum atomic E-state index is -1.45. The molecule has 1 saturated heterocycles. The highest BCUT2D eigenvalue weighted by Crippen LogP contribution is 2.66. The molecule has 3 saturated carbocycles. The Balaban J connectivity index is 1.46. The second-order valence-electron chi connectivity index (χ2n) is 11.6. The molecule has 6 nitrogen and oxygen atoms in total. The Labute approximate surface area is 212 Å². The van der Waals surface area contributed by atoms with E-state index in [1.807, 2.05) is 54.6 Å². The van der Waals surface area contributed by atoms with Gasteiger partial charge in [0.25, 0.3) is 5.91 Å². The maximum atomic E-state index is 13.4. The summed E-state index contributed by atoms with van der Waals surface area (Å²) in [5, 5.41) is 0.995. The number of hydrogen-bond acceptors (Lipinski definition) is 5. The zero-order valence-electron chi connectivity index (χ0n) is 21.4. The molecule has 4 fully saturated rings. The molecule has 7 heteroatoms. The Morgan fingerprint density at radius 3 is 2.56 bits per heavy atom. The Kier molecular flexibility index (Phi) is 5.42. The third kappa shape index (κ3) is 3.19. The molecule has 2 heterocycles. The first-order chi connectivity index (χ1) is 17.2. The second kappa shape index (κ2) is 8.20. The molecule has 0 spiro atoms. The van der Waals surface area contributed by atoms with E-state index in [9.17, 15) is 4.79 Å². The van der Waals surface area contributed by atoms with E-state index in [2.05, 4.69) is 20.8 Å². The Morgan fingerprint density at radius 2 is 1.86 bits per heavy atom. The Hall–Kier alpha value is -2.61. The van der Waals surface area contributed by atoms with Crippen LogP contribution in [0.2, 0.25) is 5.82 Å². The van der Waals surface area contributed by atoms with E-state index < -0.39 is 30.0 Å². The van der Waals surface area contributed by atoms with E-state index in [0.29, 0.717) is 23.8 Å². The molecule has 2 N–H and O–H groups in total. The lowest BCUT2D eigenvalue weighted by Gasteiger charge is -2.64. The number of fused-ring (bicyclic) bond motifs is 1. The van der Waals surface area contributed by atoms with Gasteiger partial charge in [0.2, 0.25) is 0 Å². The summed E-state index contributed by atoms with van der Waals surface area (Å²) in [6, 6.07) is 17.4. The van der Waals surface area contributed by atoms with Crippen molar-refractivity contribution in [3.8, 4) is 0 Å². The average Bonchev–Trinajstić information content (AvgIpc) is 3.44. The number of benzene rings is 2. The van der Waals surface area contributed by atoms with Crippen LogP contribution in [-0.4, -0.2) is 31.8 Å². The van der Waals surface area contributed by atoms with Crippen molar-refractivity contribution >= 4 is 24.0 Å². The van der Waals surface area contributed by atoms with Gasteiger partial charge in [0, 0.05) is 18.3 Å². The minimum Gasteiger partial charge on any atom is -0.464 e. The molecule has 1 amide bonds. The lowest BCUT2D eigenvalue weighted by molar-refractivity contribution is -0.199. The maximum Gasteiger partial charge on any atom is 0.465 e. The molecule has 1 unspecified atom stereocenters. The number of nitrogens with two attached hydrogens (primary N) is 1. The van der Waals surface area contributed by atoms with Crippen LogP contribution in [0.3, 0.4) is 0 Å². The lowest BCUT2D eigenvalue weighted by atomic mass is 9.43. The van der Waals surface area contributed by atoms with E-state index in [1.54, 1.807) is 13.4 Å². The molecule has 1 aromatic heterocycles. The number of amides is 1. The number of primary amides is 1. The summed E-state index contributed by atoms with van der Waals surface area (Å²) in [4.78, 5) is 13.4. The van der Waals surface area contributed by atoms with Gasteiger partial charge < -0.3 is 24.2 Å². The van der Waals surface area contributed by atoms with Gasteiger partial charge in [-0.2, -0.15) is 0 Å². The zero-order chi connectivity index (χ0) is 25.3. The smallest absolute Gasteiger partial charge is 0.464 e. The Bertz CT molecular complexity index is 1290. The molecule has 3 aromatic rings. The third-order valence-electron chi connectivity index (χ3n) is 9.71. The van der Waals surface area contributed by atoms with Gasteiger partial charge in [-0.05, 0) is 60.6 Å². The summed E-state index contributed by atoms with van der Waals surface area (Å²) in [6.45, 7) is 6.86. The van der Waals surface area contributed by atoms with Crippen LogP contribution in [0.5, 0.6) is 0 Å². The number of furan rings is 1. The predicted octanol–water partition coefficient (Wildman–Crippen LogP) is 5.10. The van der Waals surface area contributed by atoms with Crippen molar-refractivity contribution in [1.82, 2.24) is 0 Å². The summed E-state index contributed by atoms with van der Waals surface area (Å²) in [6.07, 6.45) is 4.28. The molecular weight excluding hydrogens is 453 g/mol. The molecule has 3 aliphatic carbocycles. The molecule has 0 radical (unpaired) electrons. The summed E-state index contributed by atoms with van der Waals surface area (Å²) in [7, 11) is 0.874. The van der Waals surface area contributed by atoms with Crippen LogP contribution in [0.4, 0.5) is 0 Å². The normalized spacial score (nSPS) is 30.9. The van der Waals surface area contributed by atoms with Gasteiger partial charge in [0.15, 0.2) is 5.60 Å². The van der Waals surface area contributed by atoms with Crippen molar-refractivity contribution in [3.63, 3.8) is 0 Å². The summed E-state index contributed by atoms with van der Waals surface area (Å²) >= 11 is 0. The Morgan fingerprint density at radius 1 is 1.14 bits per heavy atom. The van der Waals surface area contributed by atoms with E-state index in [4.69, 9.17) is 24.2 Å². The molecule has 1 aliphatic heterocycles. The minimum absolute atomic E-state index is 0.0268. The van der Waals surface area contributed by atoms with Gasteiger partial charge in [-0.1, -0.05) is 62.4 Å². The van der Waals surface area contributed by atoms with Gasteiger partial charge in [0.05, 0.1) is 18.0 Å². The molecule has 2 aromatic carbocycles. The van der Waals surface area contributed by atoms with Gasteiger partial charge in [0.1, 0.15) is 5.58 Å². The lowest BCUT2D eigenvalue weighted by Crippen LogP contribution is -2.65. The van der Waals surface area contributed by atoms with Crippen molar-refractivity contribution in [2.45, 2.75) is 63.2 Å². The van der Waals surface area contributed by atoms with E-state index in [0.717, 1.165) is 29.4 Å². The fraction of sp³-hybridized carbons (Fsp3) is 0.483. The SMILES string of the molecule is COC(C(N)=O)(c1ccccc1)[C@@H](Cc1coc2ccccc12)B1O[C@@H]2C[C@@H]3C[C@@H](C3(C)C)[C@]2(C)O1. The van der Waals surface area contributed by atoms with Gasteiger partial charge in [-0.25, -0.2) is 0 Å². The first kappa shape index (κ1) is 23.8. The number of hydrogen-bond donors (Lipinski definition) is 1. The molecule has 6 atom stereocenters. The van der Waals surface area contributed by atoms with Crippen molar-refractivity contribution in [1.29, 1.82) is 0 Å². The number of carbonyl (C=O) groups is 1. The summed E-state index contributed by atoms with van der Waals surface area (Å²) in [5.74, 6) is -0.0787. The predicted molar refractivity (Wildman–Crippen MR) is 138 cm³/mol. The number of para-hydroxylation sites is 1. The van der Waals surface area contributed by atoms with Crippen LogP contribution in [0.15, 0.2) is 65.3 Å². The van der Waals surface area contributed by atoms with Crippen LogP contribution in [0.25, 0.3) is 11.0 Å². The van der Waals surface area contributed by atoms with Crippen molar-refractivity contribution in [3.05, 3.63) is 72.0 Å². The average molecular weight is 487 g/mol. The van der Waals surface area contributed by atoms with Crippen LogP contribution < -0.4 is 5.73 Å². The van der Waals surface area contributed by atoms with E-state index in [-0.39, 0.29) is 11.5 Å². The fourth-order valence-corrected chi connectivity index (χ4v) is 7.53. The van der Waals surface area contributed by atoms with Crippen LogP contribution in [-0.2, 0) is 30.9 Å². The number of methoxy groups -OCH3 is 1. The number of carbonyl (C=O) groups excluding carboxylic acids is 1. The topological polar surface area (TPSA) is 83.9 Å². The van der Waals surface area contributed by atoms with Crippen molar-refractivity contribution in [2.24, 2.45) is 23.0 Å². The molecule has 36 heavy (non-hydrogen) atoms. The second-order valence-corrected chi connectivity index (χ2v) is 11.6. The van der Waals surface area contributed by atoms with Gasteiger partial charge in [-0.3, -0.25) is 4.79 Å². The first-order valence-corrected chi connectivity index (χ1v) is 12.9. The molecular formula is C29H34BNO5. The summed E-state index contributed by atoms with van der Waals surface area (Å²) in [5.41, 5.74) is 6.97. The molecule has 2 bridgehead atoms. The number of rotatable bonds is 7. The monoisotopic (exact) mass is 487 g/mol. The fourth-order valence-electron chi connectivity index (χ4n) is 7.53. The van der Waals surface area contributed by atoms with Crippen molar-refractivity contribution in [2.75, 3.05) is 7.11 Å². The molecule has 188 valence electrons. The largest absolute Gasteiger partial charge is 0.465 e.